The molecule has 0 aromatic heterocycles. The van der Waals surface area contributed by atoms with Gasteiger partial charge in [0, 0.05) is 27.2 Å². The number of nitrogens with zero attached hydrogens (tertiary/aromatic N) is 4. The molecular weight excluding hydrogens is 614 g/mol. The molecule has 244 valence electrons. The third kappa shape index (κ3) is 4.83. The zero-order chi connectivity index (χ0) is 35.4. The standard InChI is InChI=1S/2C19H17FN2O2/c2*1-18(2)15-7-8-22(3)17(24)19(15,10-12(11-21)16(18)23)13-5-4-6-14(20)9-13/h2*4-7,9-10H,8H2,1-3H3/t2*19-/m10/s1. The Balaban J connectivity index is 0.000000188. The van der Waals surface area contributed by atoms with Crippen molar-refractivity contribution in [2.75, 3.05) is 27.2 Å². The number of hydrogen-bond acceptors (Lipinski definition) is 6. The van der Waals surface area contributed by atoms with Crippen molar-refractivity contribution in [1.82, 2.24) is 9.80 Å². The molecule has 2 aromatic carbocycles. The summed E-state index contributed by atoms with van der Waals surface area (Å²) in [6.45, 7) is 7.57. The van der Waals surface area contributed by atoms with Gasteiger partial charge in [0.05, 0.1) is 22.0 Å². The second kappa shape index (κ2) is 11.6. The van der Waals surface area contributed by atoms with Crippen LogP contribution in [0.2, 0.25) is 0 Å². The lowest BCUT2D eigenvalue weighted by molar-refractivity contribution is -0.136. The molecule has 0 unspecified atom stereocenters. The van der Waals surface area contributed by atoms with Crippen LogP contribution in [0.4, 0.5) is 8.78 Å². The van der Waals surface area contributed by atoms with Gasteiger partial charge in [0.2, 0.25) is 11.8 Å². The van der Waals surface area contributed by atoms with E-state index in [1.54, 1.807) is 53.9 Å². The Morgan fingerprint density at radius 3 is 1.31 bits per heavy atom. The van der Waals surface area contributed by atoms with Crippen LogP contribution in [-0.4, -0.2) is 60.4 Å². The molecule has 0 spiro atoms. The van der Waals surface area contributed by atoms with E-state index < -0.39 is 33.3 Å². The summed E-state index contributed by atoms with van der Waals surface area (Å²) >= 11 is 0. The van der Waals surface area contributed by atoms with Gasteiger partial charge in [-0.15, -0.1) is 0 Å². The van der Waals surface area contributed by atoms with Crippen molar-refractivity contribution in [2.24, 2.45) is 10.8 Å². The van der Waals surface area contributed by atoms with E-state index in [2.05, 4.69) is 0 Å². The average Bonchev–Trinajstić information content (AvgIpc) is 3.04. The minimum atomic E-state index is -1.32. The van der Waals surface area contributed by atoms with Gasteiger partial charge in [-0.1, -0.05) is 36.4 Å². The first-order valence-corrected chi connectivity index (χ1v) is 15.3. The summed E-state index contributed by atoms with van der Waals surface area (Å²) in [5, 5.41) is 18.8. The Hall–Kier alpha value is -5.48. The van der Waals surface area contributed by atoms with Gasteiger partial charge in [-0.2, -0.15) is 10.5 Å². The summed E-state index contributed by atoms with van der Waals surface area (Å²) in [6, 6.07) is 15.4. The van der Waals surface area contributed by atoms with E-state index in [9.17, 15) is 38.5 Å². The highest BCUT2D eigenvalue weighted by Gasteiger charge is 2.57. The SMILES string of the molecule is CN1CC=C2C(C)(C)C(=O)C(C#N)=C[C@@]2(c2cccc(F)c2)C1=O.CN1CC=C2C(C)(C)C(=O)C(C#N)=C[C@]2(c2cccc(F)c2)C1=O. The highest BCUT2D eigenvalue weighted by molar-refractivity contribution is 6.12. The van der Waals surface area contributed by atoms with Gasteiger partial charge in [-0.25, -0.2) is 8.78 Å². The van der Waals surface area contributed by atoms with Crippen LogP contribution < -0.4 is 0 Å². The highest BCUT2D eigenvalue weighted by atomic mass is 19.1. The van der Waals surface area contributed by atoms with E-state index in [0.717, 1.165) is 0 Å². The molecule has 2 amide bonds. The summed E-state index contributed by atoms with van der Waals surface area (Å²) in [4.78, 5) is 54.6. The van der Waals surface area contributed by atoms with Gasteiger partial charge in [0.15, 0.2) is 11.6 Å². The third-order valence-corrected chi connectivity index (χ3v) is 9.85. The zero-order valence-corrected chi connectivity index (χ0v) is 27.5. The van der Waals surface area contributed by atoms with E-state index in [0.29, 0.717) is 35.4 Å². The van der Waals surface area contributed by atoms with Crippen LogP contribution in [0.1, 0.15) is 38.8 Å². The molecule has 6 rings (SSSR count). The third-order valence-electron chi connectivity index (χ3n) is 9.85. The number of rotatable bonds is 2. The number of carbonyl (C=O) groups excluding carboxylic acids is 4. The lowest BCUT2D eigenvalue weighted by Crippen LogP contribution is -2.55. The fourth-order valence-electron chi connectivity index (χ4n) is 7.39. The molecule has 0 saturated heterocycles. The fraction of sp³-hybridized carbons (Fsp3) is 0.316. The van der Waals surface area contributed by atoms with E-state index in [-0.39, 0.29) is 34.5 Å². The van der Waals surface area contributed by atoms with Crippen LogP contribution in [0.5, 0.6) is 0 Å². The largest absolute Gasteiger partial charge is 0.341 e. The average molecular weight is 649 g/mol. The van der Waals surface area contributed by atoms with Crippen LogP contribution in [0, 0.1) is 45.1 Å². The van der Waals surface area contributed by atoms with E-state index >= 15 is 0 Å². The van der Waals surface area contributed by atoms with Gasteiger partial charge in [0.25, 0.3) is 0 Å². The van der Waals surface area contributed by atoms with E-state index in [4.69, 9.17) is 0 Å². The van der Waals surface area contributed by atoms with Crippen molar-refractivity contribution >= 4 is 23.4 Å². The van der Waals surface area contributed by atoms with Crippen molar-refractivity contribution in [2.45, 2.75) is 38.5 Å². The molecule has 4 aliphatic rings. The molecule has 2 aliphatic heterocycles. The maximum Gasteiger partial charge on any atom is 0.241 e. The van der Waals surface area contributed by atoms with Gasteiger partial charge >= 0.3 is 0 Å². The maximum absolute atomic E-state index is 13.9. The van der Waals surface area contributed by atoms with Crippen molar-refractivity contribution in [3.63, 3.8) is 0 Å². The highest BCUT2D eigenvalue weighted by Crippen LogP contribution is 2.53. The monoisotopic (exact) mass is 648 g/mol. The quantitative estimate of drug-likeness (QED) is 0.421. The molecule has 0 saturated carbocycles. The summed E-state index contributed by atoms with van der Waals surface area (Å²) < 4.78 is 27.7. The van der Waals surface area contributed by atoms with Crippen molar-refractivity contribution < 1.29 is 28.0 Å². The molecule has 2 aliphatic carbocycles. The Morgan fingerprint density at radius 2 is 1.00 bits per heavy atom. The molecule has 8 nitrogen and oxygen atoms in total. The first kappa shape index (κ1) is 33.9. The number of benzene rings is 2. The number of nitriles is 2. The van der Waals surface area contributed by atoms with Gasteiger partial charge in [-0.05, 0) is 86.4 Å². The van der Waals surface area contributed by atoms with Crippen molar-refractivity contribution in [1.29, 1.82) is 10.5 Å². The Bertz CT molecular complexity index is 1860. The number of halogens is 2. The normalized spacial score (nSPS) is 25.5. The lowest BCUT2D eigenvalue weighted by atomic mass is 9.56. The van der Waals surface area contributed by atoms with Gasteiger partial charge < -0.3 is 9.80 Å². The van der Waals surface area contributed by atoms with E-state index in [1.165, 1.54) is 58.4 Å². The molecule has 0 N–H and O–H groups in total. The molecule has 2 heterocycles. The number of allylic oxidation sites excluding steroid dienone is 2. The first-order valence-electron chi connectivity index (χ1n) is 15.3. The van der Waals surface area contributed by atoms with Gasteiger partial charge in [0.1, 0.15) is 34.6 Å². The van der Waals surface area contributed by atoms with Crippen molar-refractivity contribution in [3.8, 4) is 12.1 Å². The van der Waals surface area contributed by atoms with Crippen molar-refractivity contribution in [3.05, 3.63) is 118 Å². The predicted octanol–water partition coefficient (Wildman–Crippen LogP) is 5.04. The summed E-state index contributed by atoms with van der Waals surface area (Å²) in [7, 11) is 3.31. The number of fused-ring (bicyclic) bond motifs is 2. The number of ketones is 2. The molecule has 10 heteroatoms. The number of Topliss-reactive ketones (excluding diaryl/α,β-unsaturated/α-hetero) is 2. The Labute approximate surface area is 277 Å². The molecule has 0 fully saturated rings. The van der Waals surface area contributed by atoms with Crippen LogP contribution >= 0.6 is 0 Å². The topological polar surface area (TPSA) is 122 Å². The van der Waals surface area contributed by atoms with Crippen LogP contribution in [0.25, 0.3) is 0 Å². The predicted molar refractivity (Wildman–Crippen MR) is 173 cm³/mol. The molecular formula is C38H34F2N4O4. The fourth-order valence-corrected chi connectivity index (χ4v) is 7.39. The molecule has 48 heavy (non-hydrogen) atoms. The second-order valence-corrected chi connectivity index (χ2v) is 13.5. The van der Waals surface area contributed by atoms with Crippen LogP contribution in [-0.2, 0) is 30.0 Å². The number of hydrogen-bond donors (Lipinski definition) is 0. The Morgan fingerprint density at radius 1 is 0.646 bits per heavy atom. The minimum absolute atomic E-state index is 0.0648. The van der Waals surface area contributed by atoms with E-state index in [1.807, 2.05) is 24.3 Å². The van der Waals surface area contributed by atoms with Gasteiger partial charge in [-0.3, -0.25) is 19.2 Å². The Kier molecular flexibility index (Phi) is 8.22. The first-order chi connectivity index (χ1) is 22.5. The van der Waals surface area contributed by atoms with Crippen LogP contribution in [0.15, 0.2) is 95.1 Å². The molecule has 0 bridgehead atoms. The molecule has 2 aromatic rings. The smallest absolute Gasteiger partial charge is 0.241 e. The molecule has 0 radical (unpaired) electrons. The summed E-state index contributed by atoms with van der Waals surface area (Å²) in [6.07, 6.45) is 6.49. The zero-order valence-electron chi connectivity index (χ0n) is 27.5. The number of carbonyl (C=O) groups is 4. The lowest BCUT2D eigenvalue weighted by Gasteiger charge is -2.47. The van der Waals surface area contributed by atoms with Crippen LogP contribution in [0.3, 0.4) is 0 Å². The summed E-state index contributed by atoms with van der Waals surface area (Å²) in [5.41, 5.74) is -2.73. The maximum atomic E-state index is 13.9. The minimum Gasteiger partial charge on any atom is -0.341 e. The summed E-state index contributed by atoms with van der Waals surface area (Å²) in [5.74, 6) is -2.10. The number of amides is 2. The molecule has 2 atom stereocenters. The number of likely N-dealkylation sites (N-methyl/N-ethyl adjacent to an activating group) is 2. The second-order valence-electron chi connectivity index (χ2n) is 13.5.